The normalized spacial score (nSPS) is 11.0. The van der Waals surface area contributed by atoms with Gasteiger partial charge in [-0.25, -0.2) is 4.39 Å². The molecular formula is C16H16BrF2NO. The quantitative estimate of drug-likeness (QED) is 0.813. The Morgan fingerprint density at radius 2 is 1.95 bits per heavy atom. The second-order valence-corrected chi connectivity index (χ2v) is 5.80. The van der Waals surface area contributed by atoms with Crippen LogP contribution in [0.5, 0.6) is 11.5 Å². The highest BCUT2D eigenvalue weighted by molar-refractivity contribution is 9.10. The lowest BCUT2D eigenvalue weighted by Gasteiger charge is -2.12. The molecule has 0 fully saturated rings. The van der Waals surface area contributed by atoms with Gasteiger partial charge in [-0.3, -0.25) is 0 Å². The summed E-state index contributed by atoms with van der Waals surface area (Å²) in [6.07, 6.45) is 0. The molecule has 5 heteroatoms. The topological polar surface area (TPSA) is 21.3 Å². The maximum absolute atomic E-state index is 13.6. The summed E-state index contributed by atoms with van der Waals surface area (Å²) >= 11 is 3.46. The molecule has 0 saturated heterocycles. The van der Waals surface area contributed by atoms with E-state index in [1.807, 2.05) is 6.07 Å². The summed E-state index contributed by atoms with van der Waals surface area (Å²) in [7, 11) is 0. The van der Waals surface area contributed by atoms with Crippen LogP contribution in [0.2, 0.25) is 0 Å². The molecule has 0 heterocycles. The first-order valence-electron chi connectivity index (χ1n) is 6.61. The predicted octanol–water partition coefficient (Wildman–Crippen LogP) is 5.02. The number of ether oxygens (including phenoxy) is 1. The van der Waals surface area contributed by atoms with Crippen molar-refractivity contribution in [2.24, 2.45) is 0 Å². The van der Waals surface area contributed by atoms with Crippen LogP contribution in [0.1, 0.15) is 19.4 Å². The second-order valence-electron chi connectivity index (χ2n) is 4.94. The first-order valence-corrected chi connectivity index (χ1v) is 7.40. The van der Waals surface area contributed by atoms with Crippen molar-refractivity contribution >= 4 is 15.9 Å². The summed E-state index contributed by atoms with van der Waals surface area (Å²) in [5, 5.41) is 3.31. The van der Waals surface area contributed by atoms with Gasteiger partial charge in [0.05, 0.1) is 0 Å². The number of hydrogen-bond acceptors (Lipinski definition) is 2. The van der Waals surface area contributed by atoms with Crippen molar-refractivity contribution in [1.29, 1.82) is 0 Å². The van der Waals surface area contributed by atoms with Gasteiger partial charge in [-0.2, -0.15) is 4.39 Å². The first-order chi connectivity index (χ1) is 9.97. The van der Waals surface area contributed by atoms with Crippen molar-refractivity contribution in [1.82, 2.24) is 5.32 Å². The molecule has 0 unspecified atom stereocenters. The number of rotatable bonds is 5. The fraction of sp³-hybridized carbons (Fsp3) is 0.250. The molecule has 2 nitrogen and oxygen atoms in total. The molecule has 0 radical (unpaired) electrons. The highest BCUT2D eigenvalue weighted by Gasteiger charge is 2.10. The highest BCUT2D eigenvalue weighted by atomic mass is 79.9. The largest absolute Gasteiger partial charge is 0.454 e. The molecule has 0 atom stereocenters. The van der Waals surface area contributed by atoms with E-state index in [0.717, 1.165) is 16.1 Å². The van der Waals surface area contributed by atoms with Gasteiger partial charge in [0, 0.05) is 17.1 Å². The minimum Gasteiger partial charge on any atom is -0.454 e. The average molecular weight is 356 g/mol. The van der Waals surface area contributed by atoms with E-state index in [4.69, 9.17) is 4.74 Å². The van der Waals surface area contributed by atoms with Crippen LogP contribution in [-0.2, 0) is 6.54 Å². The zero-order chi connectivity index (χ0) is 15.4. The Bertz CT molecular complexity index is 632. The van der Waals surface area contributed by atoms with Gasteiger partial charge in [-0.15, -0.1) is 0 Å². The highest BCUT2D eigenvalue weighted by Crippen LogP contribution is 2.29. The van der Waals surface area contributed by atoms with Crippen LogP contribution < -0.4 is 10.1 Å². The smallest absolute Gasteiger partial charge is 0.201 e. The van der Waals surface area contributed by atoms with Crippen molar-refractivity contribution in [3.05, 3.63) is 58.1 Å². The number of nitrogens with one attached hydrogen (secondary N) is 1. The number of hydrogen-bond donors (Lipinski definition) is 1. The summed E-state index contributed by atoms with van der Waals surface area (Å²) < 4.78 is 32.9. The maximum Gasteiger partial charge on any atom is 0.201 e. The van der Waals surface area contributed by atoms with Crippen LogP contribution in [0, 0.1) is 11.6 Å². The van der Waals surface area contributed by atoms with Crippen LogP contribution >= 0.6 is 15.9 Å². The molecule has 0 bridgehead atoms. The number of halogens is 3. The van der Waals surface area contributed by atoms with Crippen LogP contribution in [0.4, 0.5) is 8.78 Å². The molecule has 1 N–H and O–H groups in total. The van der Waals surface area contributed by atoms with Crippen molar-refractivity contribution in [3.63, 3.8) is 0 Å². The number of benzene rings is 2. The van der Waals surface area contributed by atoms with Gasteiger partial charge >= 0.3 is 0 Å². The third kappa shape index (κ3) is 4.25. The van der Waals surface area contributed by atoms with Gasteiger partial charge in [-0.05, 0) is 29.8 Å². The average Bonchev–Trinajstić information content (AvgIpc) is 2.43. The Kier molecular flexibility index (Phi) is 5.31. The van der Waals surface area contributed by atoms with Crippen molar-refractivity contribution in [2.75, 3.05) is 0 Å². The van der Waals surface area contributed by atoms with Gasteiger partial charge in [0.1, 0.15) is 5.75 Å². The van der Waals surface area contributed by atoms with E-state index in [9.17, 15) is 8.78 Å². The van der Waals surface area contributed by atoms with E-state index >= 15 is 0 Å². The van der Waals surface area contributed by atoms with E-state index in [-0.39, 0.29) is 5.75 Å². The Morgan fingerprint density at radius 1 is 1.19 bits per heavy atom. The van der Waals surface area contributed by atoms with E-state index < -0.39 is 11.6 Å². The molecule has 0 aliphatic rings. The third-order valence-electron chi connectivity index (χ3n) is 2.87. The maximum atomic E-state index is 13.6. The fourth-order valence-electron chi connectivity index (χ4n) is 1.74. The Hall–Kier alpha value is -1.46. The molecular weight excluding hydrogens is 340 g/mol. The predicted molar refractivity (Wildman–Crippen MR) is 82.5 cm³/mol. The molecule has 21 heavy (non-hydrogen) atoms. The van der Waals surface area contributed by atoms with Gasteiger partial charge in [0.15, 0.2) is 11.6 Å². The SMILES string of the molecule is CC(C)NCc1ccc(Oc2cccc(F)c2F)cc1Br. The van der Waals surface area contributed by atoms with Crippen molar-refractivity contribution in [2.45, 2.75) is 26.4 Å². The third-order valence-corrected chi connectivity index (χ3v) is 3.61. The zero-order valence-electron chi connectivity index (χ0n) is 11.8. The minimum absolute atomic E-state index is 0.130. The Balaban J connectivity index is 2.15. The summed E-state index contributed by atoms with van der Waals surface area (Å²) in [4.78, 5) is 0. The molecule has 0 aromatic heterocycles. The van der Waals surface area contributed by atoms with Gasteiger partial charge < -0.3 is 10.1 Å². The van der Waals surface area contributed by atoms with E-state index in [1.165, 1.54) is 12.1 Å². The summed E-state index contributed by atoms with van der Waals surface area (Å²) in [6, 6.07) is 9.58. The molecule has 2 aromatic rings. The van der Waals surface area contributed by atoms with Crippen molar-refractivity contribution < 1.29 is 13.5 Å². The van der Waals surface area contributed by atoms with Crippen molar-refractivity contribution in [3.8, 4) is 11.5 Å². The monoisotopic (exact) mass is 355 g/mol. The molecule has 0 amide bonds. The molecule has 0 aliphatic carbocycles. The Labute approximate surface area is 131 Å². The van der Waals surface area contributed by atoms with Crippen LogP contribution in [0.25, 0.3) is 0 Å². The standard InChI is InChI=1S/C16H16BrF2NO/c1-10(2)20-9-11-6-7-12(8-13(11)17)21-15-5-3-4-14(18)16(15)19/h3-8,10,20H,9H2,1-2H3. The molecule has 2 aromatic carbocycles. The van der Waals surface area contributed by atoms with Crippen LogP contribution in [0.15, 0.2) is 40.9 Å². The summed E-state index contributed by atoms with van der Waals surface area (Å²) in [5.74, 6) is -1.60. The first kappa shape index (κ1) is 15.9. The lowest BCUT2D eigenvalue weighted by atomic mass is 10.2. The molecule has 112 valence electrons. The van der Waals surface area contributed by atoms with Crippen LogP contribution in [0.3, 0.4) is 0 Å². The van der Waals surface area contributed by atoms with Gasteiger partial charge in [0.25, 0.3) is 0 Å². The zero-order valence-corrected chi connectivity index (χ0v) is 13.4. The fourth-order valence-corrected chi connectivity index (χ4v) is 2.24. The Morgan fingerprint density at radius 3 is 2.62 bits per heavy atom. The molecule has 2 rings (SSSR count). The van der Waals surface area contributed by atoms with E-state index in [0.29, 0.717) is 18.3 Å². The van der Waals surface area contributed by atoms with E-state index in [2.05, 4.69) is 35.1 Å². The second kappa shape index (κ2) is 7.00. The summed E-state index contributed by atoms with van der Waals surface area (Å²) in [5.41, 5.74) is 1.07. The lowest BCUT2D eigenvalue weighted by molar-refractivity contribution is 0.415. The van der Waals surface area contributed by atoms with Gasteiger partial charge in [0.2, 0.25) is 5.82 Å². The molecule has 0 saturated carbocycles. The summed E-state index contributed by atoms with van der Waals surface area (Å²) in [6.45, 7) is 4.85. The van der Waals surface area contributed by atoms with E-state index in [1.54, 1.807) is 12.1 Å². The minimum atomic E-state index is -0.987. The van der Waals surface area contributed by atoms with Gasteiger partial charge in [-0.1, -0.05) is 41.9 Å². The molecule has 0 spiro atoms. The molecule has 0 aliphatic heterocycles. The van der Waals surface area contributed by atoms with Crippen LogP contribution in [-0.4, -0.2) is 6.04 Å². The lowest BCUT2D eigenvalue weighted by Crippen LogP contribution is -2.21.